The molecule has 0 aliphatic carbocycles. The second-order valence-electron chi connectivity index (χ2n) is 5.05. The summed E-state index contributed by atoms with van der Waals surface area (Å²) >= 11 is 7.95. The van der Waals surface area contributed by atoms with E-state index in [-0.39, 0.29) is 11.3 Å². The SMILES string of the molecule is O=C(N/N=C\c1ccc(Sc2ccccc2)o1)c1cc(Br)cc(Br)c1O. The number of halogens is 2. The maximum atomic E-state index is 12.1. The number of aromatic hydroxyl groups is 1. The number of hydrazone groups is 1. The molecule has 0 atom stereocenters. The highest BCUT2D eigenvalue weighted by molar-refractivity contribution is 9.11. The van der Waals surface area contributed by atoms with Gasteiger partial charge in [-0.15, -0.1) is 0 Å². The van der Waals surface area contributed by atoms with Gasteiger partial charge in [0.05, 0.1) is 16.3 Å². The van der Waals surface area contributed by atoms with Crippen LogP contribution < -0.4 is 5.43 Å². The van der Waals surface area contributed by atoms with Crippen LogP contribution in [0.4, 0.5) is 0 Å². The number of hydrogen-bond donors (Lipinski definition) is 2. The summed E-state index contributed by atoms with van der Waals surface area (Å²) in [5.41, 5.74) is 2.46. The Labute approximate surface area is 170 Å². The zero-order chi connectivity index (χ0) is 18.5. The normalized spacial score (nSPS) is 11.0. The molecule has 0 fully saturated rings. The number of phenolic OH excluding ortho intramolecular Hbond substituents is 1. The van der Waals surface area contributed by atoms with Crippen molar-refractivity contribution in [2.75, 3.05) is 0 Å². The molecule has 3 rings (SSSR count). The largest absolute Gasteiger partial charge is 0.506 e. The highest BCUT2D eigenvalue weighted by Gasteiger charge is 2.14. The van der Waals surface area contributed by atoms with E-state index in [1.165, 1.54) is 24.0 Å². The summed E-state index contributed by atoms with van der Waals surface area (Å²) in [4.78, 5) is 13.2. The van der Waals surface area contributed by atoms with Gasteiger partial charge in [0.1, 0.15) is 11.5 Å². The Morgan fingerprint density at radius 3 is 2.69 bits per heavy atom. The summed E-state index contributed by atoms with van der Waals surface area (Å²) in [6, 6.07) is 16.6. The molecule has 0 aliphatic rings. The maximum absolute atomic E-state index is 12.1. The van der Waals surface area contributed by atoms with Gasteiger partial charge in [-0.1, -0.05) is 45.9 Å². The summed E-state index contributed by atoms with van der Waals surface area (Å²) in [6.07, 6.45) is 1.40. The molecule has 0 spiro atoms. The lowest BCUT2D eigenvalue weighted by atomic mass is 10.2. The predicted octanol–water partition coefficient (Wildman–Crippen LogP) is 5.43. The number of phenols is 1. The van der Waals surface area contributed by atoms with E-state index in [0.29, 0.717) is 14.7 Å². The minimum absolute atomic E-state index is 0.100. The average molecular weight is 496 g/mol. The number of nitrogens with one attached hydrogen (secondary N) is 1. The Hall–Kier alpha value is -2.03. The molecule has 1 amide bonds. The van der Waals surface area contributed by atoms with Gasteiger partial charge in [0.25, 0.3) is 5.91 Å². The zero-order valence-corrected chi connectivity index (χ0v) is 17.1. The van der Waals surface area contributed by atoms with Gasteiger partial charge < -0.3 is 9.52 Å². The molecule has 26 heavy (non-hydrogen) atoms. The van der Waals surface area contributed by atoms with Crippen LogP contribution in [0.1, 0.15) is 16.1 Å². The lowest BCUT2D eigenvalue weighted by Gasteiger charge is -2.05. The molecule has 1 heterocycles. The van der Waals surface area contributed by atoms with Gasteiger partial charge in [-0.25, -0.2) is 5.43 Å². The predicted molar refractivity (Wildman–Crippen MR) is 108 cm³/mol. The molecule has 0 bridgehead atoms. The third-order valence-corrected chi connectivity index (χ3v) is 5.19. The average Bonchev–Trinajstić information content (AvgIpc) is 3.06. The minimum Gasteiger partial charge on any atom is -0.506 e. The van der Waals surface area contributed by atoms with E-state index in [9.17, 15) is 9.90 Å². The number of hydrogen-bond acceptors (Lipinski definition) is 5. The minimum atomic E-state index is -0.536. The highest BCUT2D eigenvalue weighted by Crippen LogP contribution is 2.31. The van der Waals surface area contributed by atoms with Crippen LogP contribution in [0.2, 0.25) is 0 Å². The summed E-state index contributed by atoms with van der Waals surface area (Å²) in [5.74, 6) is -0.185. The number of furan rings is 1. The van der Waals surface area contributed by atoms with Crippen LogP contribution in [0.15, 0.2) is 83.0 Å². The van der Waals surface area contributed by atoms with Crippen molar-refractivity contribution in [1.29, 1.82) is 0 Å². The van der Waals surface area contributed by atoms with Crippen molar-refractivity contribution in [2.24, 2.45) is 5.10 Å². The van der Waals surface area contributed by atoms with E-state index >= 15 is 0 Å². The van der Waals surface area contributed by atoms with E-state index in [1.54, 1.807) is 12.1 Å². The van der Waals surface area contributed by atoms with Gasteiger partial charge in [-0.3, -0.25) is 4.79 Å². The van der Waals surface area contributed by atoms with Crippen LogP contribution in [0.3, 0.4) is 0 Å². The topological polar surface area (TPSA) is 74.8 Å². The van der Waals surface area contributed by atoms with Crippen LogP contribution in [-0.4, -0.2) is 17.2 Å². The lowest BCUT2D eigenvalue weighted by molar-refractivity contribution is 0.0952. The Bertz CT molecular complexity index is 958. The van der Waals surface area contributed by atoms with Gasteiger partial charge in [-0.05, 0) is 52.3 Å². The Kier molecular flexibility index (Phi) is 6.18. The third kappa shape index (κ3) is 4.78. The molecule has 0 unspecified atom stereocenters. The third-order valence-electron chi connectivity index (χ3n) is 3.19. The Morgan fingerprint density at radius 1 is 1.15 bits per heavy atom. The first kappa shape index (κ1) is 18.8. The van der Waals surface area contributed by atoms with Gasteiger partial charge in [0.2, 0.25) is 0 Å². The molecule has 5 nitrogen and oxygen atoms in total. The number of carbonyl (C=O) groups excluding carboxylic acids is 1. The molecule has 0 aliphatic heterocycles. The Balaban J connectivity index is 1.63. The van der Waals surface area contributed by atoms with Crippen molar-refractivity contribution in [3.63, 3.8) is 0 Å². The number of benzene rings is 2. The molecular weight excluding hydrogens is 484 g/mol. The monoisotopic (exact) mass is 494 g/mol. The van der Waals surface area contributed by atoms with Crippen LogP contribution in [-0.2, 0) is 0 Å². The molecule has 0 saturated carbocycles. The summed E-state index contributed by atoms with van der Waals surface area (Å²) in [5, 5.41) is 14.5. The van der Waals surface area contributed by atoms with E-state index < -0.39 is 5.91 Å². The van der Waals surface area contributed by atoms with Crippen LogP contribution in [0.5, 0.6) is 5.75 Å². The standard InChI is InChI=1S/C18H12Br2N2O3S/c19-11-8-14(17(23)15(20)9-11)18(24)22-21-10-12-6-7-16(25-12)26-13-4-2-1-3-5-13/h1-10,23H,(H,22,24)/b21-10-. The quantitative estimate of drug-likeness (QED) is 0.365. The van der Waals surface area contributed by atoms with Crippen LogP contribution in [0, 0.1) is 0 Å². The van der Waals surface area contributed by atoms with Crippen molar-refractivity contribution in [3.8, 4) is 5.75 Å². The smallest absolute Gasteiger partial charge is 0.275 e. The van der Waals surface area contributed by atoms with Crippen molar-refractivity contribution in [2.45, 2.75) is 9.99 Å². The van der Waals surface area contributed by atoms with E-state index in [1.807, 2.05) is 36.4 Å². The first-order valence-electron chi connectivity index (χ1n) is 7.37. The second-order valence-corrected chi connectivity index (χ2v) is 7.90. The van der Waals surface area contributed by atoms with Crippen molar-refractivity contribution in [1.82, 2.24) is 5.43 Å². The molecular formula is C18H12Br2N2O3S. The molecule has 132 valence electrons. The lowest BCUT2D eigenvalue weighted by Crippen LogP contribution is -2.17. The van der Waals surface area contributed by atoms with E-state index in [0.717, 1.165) is 9.99 Å². The molecule has 0 saturated heterocycles. The fraction of sp³-hybridized carbons (Fsp3) is 0. The molecule has 8 heteroatoms. The van der Waals surface area contributed by atoms with E-state index in [4.69, 9.17) is 4.42 Å². The second kappa shape index (κ2) is 8.57. The molecule has 3 aromatic rings. The van der Waals surface area contributed by atoms with Gasteiger partial charge in [0, 0.05) is 9.37 Å². The summed E-state index contributed by atoms with van der Waals surface area (Å²) in [7, 11) is 0. The van der Waals surface area contributed by atoms with Crippen LogP contribution >= 0.6 is 43.6 Å². The zero-order valence-electron chi connectivity index (χ0n) is 13.1. The van der Waals surface area contributed by atoms with Gasteiger partial charge >= 0.3 is 0 Å². The maximum Gasteiger partial charge on any atom is 0.275 e. The summed E-state index contributed by atoms with van der Waals surface area (Å²) in [6.45, 7) is 0. The fourth-order valence-electron chi connectivity index (χ4n) is 2.02. The highest BCUT2D eigenvalue weighted by atomic mass is 79.9. The van der Waals surface area contributed by atoms with Crippen molar-refractivity contribution >= 4 is 55.7 Å². The Morgan fingerprint density at radius 2 is 1.92 bits per heavy atom. The van der Waals surface area contributed by atoms with Gasteiger partial charge in [-0.2, -0.15) is 5.10 Å². The number of rotatable bonds is 5. The first-order chi connectivity index (χ1) is 12.5. The van der Waals surface area contributed by atoms with E-state index in [2.05, 4.69) is 42.4 Å². The molecule has 1 aromatic heterocycles. The first-order valence-corrected chi connectivity index (χ1v) is 9.77. The van der Waals surface area contributed by atoms with Crippen LogP contribution in [0.25, 0.3) is 0 Å². The van der Waals surface area contributed by atoms with Gasteiger partial charge in [0.15, 0.2) is 5.09 Å². The summed E-state index contributed by atoms with van der Waals surface area (Å²) < 4.78 is 6.70. The fourth-order valence-corrected chi connectivity index (χ4v) is 4.04. The molecule has 0 radical (unpaired) electrons. The molecule has 2 aromatic carbocycles. The van der Waals surface area contributed by atoms with Crippen molar-refractivity contribution in [3.05, 3.63) is 74.9 Å². The number of nitrogens with zero attached hydrogens (tertiary/aromatic N) is 1. The number of amides is 1. The molecule has 2 N–H and O–H groups in total. The number of carbonyl (C=O) groups is 1. The van der Waals surface area contributed by atoms with Crippen molar-refractivity contribution < 1.29 is 14.3 Å².